The molecule has 1 aliphatic carbocycles. The van der Waals surface area contributed by atoms with Gasteiger partial charge in [-0.1, -0.05) is 18.2 Å². The molecule has 1 saturated carbocycles. The van der Waals surface area contributed by atoms with Gasteiger partial charge in [0.2, 0.25) is 5.91 Å². The van der Waals surface area contributed by atoms with Crippen molar-refractivity contribution in [1.82, 2.24) is 15.6 Å². The summed E-state index contributed by atoms with van der Waals surface area (Å²) in [5.74, 6) is -0.0815. The lowest BCUT2D eigenvalue weighted by Crippen LogP contribution is -2.51. The normalized spacial score (nSPS) is 18.9. The molecular weight excluding hydrogens is 479 g/mol. The fourth-order valence-corrected chi connectivity index (χ4v) is 4.64. The smallest absolute Gasteiger partial charge is 0.408 e. The topological polar surface area (TPSA) is 119 Å². The van der Waals surface area contributed by atoms with Gasteiger partial charge in [0.15, 0.2) is 0 Å². The molecule has 0 saturated heterocycles. The predicted molar refractivity (Wildman–Crippen MR) is 134 cm³/mol. The zero-order valence-electron chi connectivity index (χ0n) is 20.9. The van der Waals surface area contributed by atoms with Crippen molar-refractivity contribution >= 4 is 23.8 Å². The van der Waals surface area contributed by atoms with E-state index in [-0.39, 0.29) is 31.6 Å². The van der Waals surface area contributed by atoms with Gasteiger partial charge < -0.3 is 25.4 Å². The number of carbonyl (C=O) groups excluding carboxylic acids is 3. The van der Waals surface area contributed by atoms with E-state index in [9.17, 15) is 18.8 Å². The molecule has 1 aromatic heterocycles. The molecule has 198 valence electrons. The van der Waals surface area contributed by atoms with Gasteiger partial charge in [-0.15, -0.1) is 0 Å². The molecule has 37 heavy (non-hydrogen) atoms. The fourth-order valence-electron chi connectivity index (χ4n) is 4.64. The summed E-state index contributed by atoms with van der Waals surface area (Å²) >= 11 is 0. The van der Waals surface area contributed by atoms with E-state index in [2.05, 4.69) is 28.1 Å². The van der Waals surface area contributed by atoms with Crippen LogP contribution in [0, 0.1) is 17.7 Å². The second-order valence-electron chi connectivity index (χ2n) is 9.48. The number of fused-ring (bicyclic) bond motifs is 1. The van der Waals surface area contributed by atoms with E-state index in [0.717, 1.165) is 50.2 Å². The molecule has 10 heteroatoms. The molecule has 1 aromatic carbocycles. The Morgan fingerprint density at radius 2 is 2.03 bits per heavy atom. The number of anilines is 1. The molecule has 1 atom stereocenters. The molecule has 2 aromatic rings. The maximum Gasteiger partial charge on any atom is 0.408 e. The number of halogens is 1. The standard InChI is InChI=1S/C27H33FN4O5/c1-2-36-26(34)23(32-27(35)37-16-17-5-3-7-21(28)13-17)15-30-25(33)20-11-18(12-20)14-22-9-8-19-6-4-10-29-24(19)31-22/h3,5,7-9,13,18,20,23H,2,4,6,10-12,14-16H2,1H3,(H,29,31)(H,30,33)(H,32,35)/t18-,20-,23-/m0/s1. The molecule has 1 fully saturated rings. The van der Waals surface area contributed by atoms with Gasteiger partial charge in [-0.3, -0.25) is 4.79 Å². The number of pyridine rings is 1. The third-order valence-electron chi connectivity index (χ3n) is 6.66. The van der Waals surface area contributed by atoms with Gasteiger partial charge in [0.25, 0.3) is 0 Å². The molecule has 0 bridgehead atoms. The molecule has 2 heterocycles. The molecule has 0 spiro atoms. The van der Waals surface area contributed by atoms with Crippen molar-refractivity contribution in [1.29, 1.82) is 0 Å². The Kier molecular flexibility index (Phi) is 8.92. The van der Waals surface area contributed by atoms with E-state index in [1.54, 1.807) is 13.0 Å². The van der Waals surface area contributed by atoms with Gasteiger partial charge in [-0.05, 0) is 74.3 Å². The van der Waals surface area contributed by atoms with Crippen LogP contribution in [0.1, 0.15) is 43.0 Å². The molecule has 4 rings (SSSR count). The van der Waals surface area contributed by atoms with Crippen LogP contribution in [0.4, 0.5) is 15.0 Å². The number of rotatable bonds is 10. The van der Waals surface area contributed by atoms with Crippen molar-refractivity contribution in [2.45, 2.75) is 51.7 Å². The van der Waals surface area contributed by atoms with Crippen molar-refractivity contribution in [2.75, 3.05) is 25.0 Å². The Hall–Kier alpha value is -3.69. The maximum atomic E-state index is 13.3. The van der Waals surface area contributed by atoms with Crippen molar-refractivity contribution < 1.29 is 28.2 Å². The van der Waals surface area contributed by atoms with Gasteiger partial charge in [0.05, 0.1) is 6.61 Å². The third-order valence-corrected chi connectivity index (χ3v) is 6.66. The molecule has 3 N–H and O–H groups in total. The van der Waals surface area contributed by atoms with Gasteiger partial charge in [-0.25, -0.2) is 19.0 Å². The zero-order chi connectivity index (χ0) is 26.2. The predicted octanol–water partition coefficient (Wildman–Crippen LogP) is 3.12. The van der Waals surface area contributed by atoms with Gasteiger partial charge >= 0.3 is 12.1 Å². The van der Waals surface area contributed by atoms with Crippen LogP contribution < -0.4 is 16.0 Å². The minimum Gasteiger partial charge on any atom is -0.464 e. The Labute approximate surface area is 215 Å². The van der Waals surface area contributed by atoms with E-state index < -0.39 is 23.9 Å². The fraction of sp³-hybridized carbons (Fsp3) is 0.481. The second kappa shape index (κ2) is 12.5. The first-order chi connectivity index (χ1) is 17.9. The number of amides is 2. The lowest BCUT2D eigenvalue weighted by molar-refractivity contribution is -0.145. The molecular formula is C27H33FN4O5. The number of ether oxygens (including phenoxy) is 2. The number of alkyl carbamates (subject to hydrolysis) is 1. The SMILES string of the molecule is CCOC(=O)[C@H](CNC(=O)[C@H]1C[C@H](Cc2ccc3c(n2)NCCC3)C1)NC(=O)OCc1cccc(F)c1. The summed E-state index contributed by atoms with van der Waals surface area (Å²) in [6, 6.07) is 8.77. The third kappa shape index (κ3) is 7.41. The van der Waals surface area contributed by atoms with Gasteiger partial charge in [0.1, 0.15) is 24.3 Å². The van der Waals surface area contributed by atoms with Crippen LogP contribution in [-0.4, -0.2) is 48.7 Å². The van der Waals surface area contributed by atoms with Crippen molar-refractivity contribution in [2.24, 2.45) is 11.8 Å². The average molecular weight is 513 g/mol. The quantitative estimate of drug-likeness (QED) is 0.419. The van der Waals surface area contributed by atoms with E-state index in [1.807, 2.05) is 0 Å². The number of hydrogen-bond donors (Lipinski definition) is 3. The van der Waals surface area contributed by atoms with Crippen LogP contribution in [0.2, 0.25) is 0 Å². The summed E-state index contributed by atoms with van der Waals surface area (Å²) in [7, 11) is 0. The monoisotopic (exact) mass is 512 g/mol. The molecule has 1 aliphatic heterocycles. The largest absolute Gasteiger partial charge is 0.464 e. The van der Waals surface area contributed by atoms with Crippen LogP contribution in [0.5, 0.6) is 0 Å². The van der Waals surface area contributed by atoms with Crippen molar-refractivity contribution in [3.05, 3.63) is 59.0 Å². The number of aryl methyl sites for hydroxylation is 1. The lowest BCUT2D eigenvalue weighted by atomic mass is 9.72. The first-order valence-electron chi connectivity index (χ1n) is 12.8. The van der Waals surface area contributed by atoms with Crippen LogP contribution in [0.15, 0.2) is 36.4 Å². The zero-order valence-corrected chi connectivity index (χ0v) is 20.9. The Balaban J connectivity index is 1.21. The first-order valence-corrected chi connectivity index (χ1v) is 12.8. The number of aromatic nitrogens is 1. The summed E-state index contributed by atoms with van der Waals surface area (Å²) < 4.78 is 23.4. The number of hydrogen-bond acceptors (Lipinski definition) is 7. The summed E-state index contributed by atoms with van der Waals surface area (Å²) in [6.45, 7) is 2.44. The average Bonchev–Trinajstić information content (AvgIpc) is 2.87. The first kappa shape index (κ1) is 26.4. The molecule has 2 amide bonds. The Morgan fingerprint density at radius 3 is 2.81 bits per heavy atom. The van der Waals surface area contributed by atoms with E-state index in [1.165, 1.54) is 23.8 Å². The number of nitrogens with one attached hydrogen (secondary N) is 3. The molecule has 0 radical (unpaired) electrons. The van der Waals surface area contributed by atoms with E-state index >= 15 is 0 Å². The Bertz CT molecular complexity index is 1120. The van der Waals surface area contributed by atoms with Crippen LogP contribution in [-0.2, 0) is 38.5 Å². The number of carbonyl (C=O) groups is 3. The van der Waals surface area contributed by atoms with Crippen LogP contribution >= 0.6 is 0 Å². The molecule has 9 nitrogen and oxygen atoms in total. The number of benzene rings is 1. The van der Waals surface area contributed by atoms with Crippen molar-refractivity contribution in [3.8, 4) is 0 Å². The highest BCUT2D eigenvalue weighted by molar-refractivity contribution is 5.84. The minimum atomic E-state index is -1.10. The molecule has 2 aliphatic rings. The highest BCUT2D eigenvalue weighted by Gasteiger charge is 2.35. The second-order valence-corrected chi connectivity index (χ2v) is 9.48. The van der Waals surface area contributed by atoms with E-state index in [0.29, 0.717) is 11.5 Å². The molecule has 0 unspecified atom stereocenters. The lowest BCUT2D eigenvalue weighted by Gasteiger charge is -2.34. The maximum absolute atomic E-state index is 13.3. The van der Waals surface area contributed by atoms with E-state index in [4.69, 9.17) is 14.5 Å². The minimum absolute atomic E-state index is 0.119. The summed E-state index contributed by atoms with van der Waals surface area (Å²) in [5, 5.41) is 8.53. The van der Waals surface area contributed by atoms with Crippen LogP contribution in [0.3, 0.4) is 0 Å². The number of nitrogens with zero attached hydrogens (tertiary/aromatic N) is 1. The van der Waals surface area contributed by atoms with Gasteiger partial charge in [-0.2, -0.15) is 0 Å². The highest BCUT2D eigenvalue weighted by atomic mass is 19.1. The summed E-state index contributed by atoms with van der Waals surface area (Å²) in [5.41, 5.74) is 2.75. The van der Waals surface area contributed by atoms with Gasteiger partial charge in [0, 0.05) is 24.7 Å². The highest BCUT2D eigenvalue weighted by Crippen LogP contribution is 2.36. The summed E-state index contributed by atoms with van der Waals surface area (Å²) in [6.07, 6.45) is 3.61. The Morgan fingerprint density at radius 1 is 1.19 bits per heavy atom. The van der Waals surface area contributed by atoms with Crippen LogP contribution in [0.25, 0.3) is 0 Å². The number of esters is 1. The van der Waals surface area contributed by atoms with Crippen molar-refractivity contribution in [3.63, 3.8) is 0 Å². The summed E-state index contributed by atoms with van der Waals surface area (Å²) in [4.78, 5) is 41.9.